The van der Waals surface area contributed by atoms with Gasteiger partial charge in [-0.05, 0) is 19.2 Å². The highest BCUT2D eigenvalue weighted by molar-refractivity contribution is 5.35. The van der Waals surface area contributed by atoms with Gasteiger partial charge >= 0.3 is 0 Å². The van der Waals surface area contributed by atoms with Gasteiger partial charge in [-0.3, -0.25) is 0 Å². The number of halogens is 3. The Morgan fingerprint density at radius 2 is 1.79 bits per heavy atom. The maximum Gasteiger partial charge on any atom is 0.194 e. The first-order valence-electron chi connectivity index (χ1n) is 3.93. The highest BCUT2D eigenvalue weighted by Crippen LogP contribution is 2.12. The van der Waals surface area contributed by atoms with Crippen molar-refractivity contribution in [2.75, 3.05) is 13.6 Å². The molecule has 1 rings (SSSR count). The lowest BCUT2D eigenvalue weighted by Crippen LogP contribution is -2.04. The van der Waals surface area contributed by atoms with Crippen LogP contribution in [0.3, 0.4) is 0 Å². The van der Waals surface area contributed by atoms with Gasteiger partial charge in [0.2, 0.25) is 0 Å². The van der Waals surface area contributed by atoms with E-state index in [1.54, 1.807) is 7.05 Å². The number of benzene rings is 1. The van der Waals surface area contributed by atoms with Gasteiger partial charge in [0, 0.05) is 5.56 Å². The van der Waals surface area contributed by atoms with Crippen LogP contribution in [0.4, 0.5) is 13.2 Å². The van der Waals surface area contributed by atoms with Gasteiger partial charge < -0.3 is 5.32 Å². The zero-order valence-electron chi connectivity index (χ0n) is 7.50. The van der Waals surface area contributed by atoms with E-state index in [1.807, 2.05) is 0 Å². The Kier molecular flexibility index (Phi) is 3.55. The Labute approximate surface area is 79.9 Å². The normalized spacial score (nSPS) is 9.43. The summed E-state index contributed by atoms with van der Waals surface area (Å²) in [6.07, 6.45) is 0. The third-order valence-corrected chi connectivity index (χ3v) is 1.48. The first-order valence-corrected chi connectivity index (χ1v) is 3.93. The van der Waals surface area contributed by atoms with Crippen molar-refractivity contribution >= 4 is 0 Å². The minimum Gasteiger partial charge on any atom is -0.309 e. The molecule has 1 aromatic carbocycles. The minimum atomic E-state index is -1.47. The summed E-state index contributed by atoms with van der Waals surface area (Å²) >= 11 is 0. The van der Waals surface area contributed by atoms with Crippen LogP contribution in [0.15, 0.2) is 12.1 Å². The molecular formula is C10H8F3N. The molecule has 0 radical (unpaired) electrons. The molecule has 0 saturated carbocycles. The molecular weight excluding hydrogens is 191 g/mol. The Morgan fingerprint density at radius 3 is 2.29 bits per heavy atom. The summed E-state index contributed by atoms with van der Waals surface area (Å²) in [6.45, 7) is 0.403. The van der Waals surface area contributed by atoms with Crippen molar-refractivity contribution < 1.29 is 13.2 Å². The fourth-order valence-corrected chi connectivity index (χ4v) is 0.862. The van der Waals surface area contributed by atoms with Crippen molar-refractivity contribution in [3.63, 3.8) is 0 Å². The van der Waals surface area contributed by atoms with Crippen molar-refractivity contribution in [2.24, 2.45) is 0 Å². The molecule has 0 atom stereocenters. The second kappa shape index (κ2) is 4.68. The van der Waals surface area contributed by atoms with Crippen LogP contribution < -0.4 is 5.32 Å². The standard InChI is InChI=1S/C10H8F3N/c1-14-4-2-3-7-5-8(11)10(13)9(12)6-7/h5-6,14H,4H2,1H3. The van der Waals surface area contributed by atoms with Crippen LogP contribution in [0.25, 0.3) is 0 Å². The molecule has 1 N–H and O–H groups in total. The predicted molar refractivity (Wildman–Crippen MR) is 47.1 cm³/mol. The summed E-state index contributed by atoms with van der Waals surface area (Å²) in [7, 11) is 1.69. The van der Waals surface area contributed by atoms with E-state index >= 15 is 0 Å². The molecule has 74 valence electrons. The second-order valence-electron chi connectivity index (χ2n) is 2.59. The van der Waals surface area contributed by atoms with Crippen molar-refractivity contribution in [3.05, 3.63) is 35.1 Å². The van der Waals surface area contributed by atoms with Gasteiger partial charge in [0.15, 0.2) is 17.5 Å². The van der Waals surface area contributed by atoms with Crippen molar-refractivity contribution in [2.45, 2.75) is 0 Å². The molecule has 0 unspecified atom stereocenters. The van der Waals surface area contributed by atoms with Gasteiger partial charge in [0.05, 0.1) is 6.54 Å². The van der Waals surface area contributed by atoms with Crippen LogP contribution in [0.5, 0.6) is 0 Å². The quantitative estimate of drug-likeness (QED) is 0.536. The van der Waals surface area contributed by atoms with Crippen molar-refractivity contribution in [3.8, 4) is 11.8 Å². The molecule has 0 saturated heterocycles. The zero-order valence-corrected chi connectivity index (χ0v) is 7.50. The molecule has 0 amide bonds. The molecule has 0 bridgehead atoms. The zero-order chi connectivity index (χ0) is 10.6. The number of hydrogen-bond acceptors (Lipinski definition) is 1. The fraction of sp³-hybridized carbons (Fsp3) is 0.200. The number of rotatable bonds is 1. The molecule has 4 heteroatoms. The molecule has 0 fully saturated rings. The van der Waals surface area contributed by atoms with Crippen LogP contribution in [0, 0.1) is 29.3 Å². The van der Waals surface area contributed by atoms with E-state index in [9.17, 15) is 13.2 Å². The van der Waals surface area contributed by atoms with Gasteiger partial charge in [-0.25, -0.2) is 13.2 Å². The van der Waals surface area contributed by atoms with Gasteiger partial charge in [-0.2, -0.15) is 0 Å². The van der Waals surface area contributed by atoms with E-state index in [-0.39, 0.29) is 5.56 Å². The highest BCUT2D eigenvalue weighted by atomic mass is 19.2. The fourth-order valence-electron chi connectivity index (χ4n) is 0.862. The van der Waals surface area contributed by atoms with Crippen molar-refractivity contribution in [1.29, 1.82) is 0 Å². The summed E-state index contributed by atoms with van der Waals surface area (Å²) in [4.78, 5) is 0. The molecule has 0 aliphatic heterocycles. The van der Waals surface area contributed by atoms with Crippen LogP contribution in [-0.4, -0.2) is 13.6 Å². The highest BCUT2D eigenvalue weighted by Gasteiger charge is 2.08. The second-order valence-corrected chi connectivity index (χ2v) is 2.59. The maximum atomic E-state index is 12.7. The Hall–Kier alpha value is -1.47. The van der Waals surface area contributed by atoms with Crippen LogP contribution >= 0.6 is 0 Å². The lowest BCUT2D eigenvalue weighted by Gasteiger charge is -1.95. The van der Waals surface area contributed by atoms with Gasteiger partial charge in [-0.1, -0.05) is 11.8 Å². The number of nitrogens with one attached hydrogen (secondary N) is 1. The van der Waals surface area contributed by atoms with Crippen LogP contribution in [0.2, 0.25) is 0 Å². The maximum absolute atomic E-state index is 12.7. The summed E-state index contributed by atoms with van der Waals surface area (Å²) < 4.78 is 37.8. The molecule has 0 aromatic heterocycles. The predicted octanol–water partition coefficient (Wildman–Crippen LogP) is 1.67. The molecule has 0 aliphatic rings. The molecule has 0 heterocycles. The first-order chi connectivity index (χ1) is 6.65. The smallest absolute Gasteiger partial charge is 0.194 e. The van der Waals surface area contributed by atoms with Crippen LogP contribution in [-0.2, 0) is 0 Å². The van der Waals surface area contributed by atoms with E-state index in [0.29, 0.717) is 6.54 Å². The van der Waals surface area contributed by atoms with E-state index in [0.717, 1.165) is 12.1 Å². The molecule has 14 heavy (non-hydrogen) atoms. The van der Waals surface area contributed by atoms with Gasteiger partial charge in [0.25, 0.3) is 0 Å². The summed E-state index contributed by atoms with van der Waals surface area (Å²) in [5, 5.41) is 2.74. The summed E-state index contributed by atoms with van der Waals surface area (Å²) in [5.41, 5.74) is 0.122. The van der Waals surface area contributed by atoms with E-state index in [4.69, 9.17) is 0 Å². The number of hydrogen-bond donors (Lipinski definition) is 1. The third kappa shape index (κ3) is 2.51. The van der Waals surface area contributed by atoms with E-state index in [2.05, 4.69) is 17.2 Å². The average molecular weight is 199 g/mol. The van der Waals surface area contributed by atoms with E-state index in [1.165, 1.54) is 0 Å². The summed E-state index contributed by atoms with van der Waals surface area (Å²) in [6, 6.07) is 1.72. The molecule has 1 nitrogen and oxygen atoms in total. The molecule has 1 aromatic rings. The van der Waals surface area contributed by atoms with E-state index < -0.39 is 17.5 Å². The topological polar surface area (TPSA) is 12.0 Å². The SMILES string of the molecule is CNCC#Cc1cc(F)c(F)c(F)c1. The monoisotopic (exact) mass is 199 g/mol. The Balaban J connectivity index is 2.97. The van der Waals surface area contributed by atoms with Crippen molar-refractivity contribution in [1.82, 2.24) is 5.32 Å². The largest absolute Gasteiger partial charge is 0.309 e. The lowest BCUT2D eigenvalue weighted by atomic mass is 10.2. The van der Waals surface area contributed by atoms with Gasteiger partial charge in [0.1, 0.15) is 0 Å². The molecule has 0 aliphatic carbocycles. The average Bonchev–Trinajstić information content (AvgIpc) is 2.14. The van der Waals surface area contributed by atoms with Gasteiger partial charge in [-0.15, -0.1) is 0 Å². The Bertz CT molecular complexity index is 367. The third-order valence-electron chi connectivity index (χ3n) is 1.48. The molecule has 0 spiro atoms. The lowest BCUT2D eigenvalue weighted by molar-refractivity contribution is 0.446. The Morgan fingerprint density at radius 1 is 1.21 bits per heavy atom. The first kappa shape index (κ1) is 10.6. The van der Waals surface area contributed by atoms with Crippen LogP contribution in [0.1, 0.15) is 5.56 Å². The minimum absolute atomic E-state index is 0.122. The summed E-state index contributed by atoms with van der Waals surface area (Å²) in [5.74, 6) is 1.19.